The largest absolute Gasteiger partial charge is 0.494 e. The highest BCUT2D eigenvalue weighted by atomic mass is 16.5. The van der Waals surface area contributed by atoms with Crippen LogP contribution in [0, 0.1) is 0 Å². The van der Waals surface area contributed by atoms with Gasteiger partial charge in [0.1, 0.15) is 5.75 Å². The number of nitrogens with zero attached hydrogens (tertiary/aromatic N) is 1. The molecule has 0 unspecified atom stereocenters. The van der Waals surface area contributed by atoms with Crippen LogP contribution in [0.3, 0.4) is 0 Å². The Bertz CT molecular complexity index is 1000. The molecule has 0 saturated heterocycles. The predicted octanol–water partition coefficient (Wildman–Crippen LogP) is 4.73. The van der Waals surface area contributed by atoms with Crippen LogP contribution < -0.4 is 20.3 Å². The van der Waals surface area contributed by atoms with Gasteiger partial charge in [-0.3, -0.25) is 9.59 Å². The lowest BCUT2D eigenvalue weighted by Gasteiger charge is -2.15. The van der Waals surface area contributed by atoms with E-state index < -0.39 is 0 Å². The van der Waals surface area contributed by atoms with Crippen LogP contribution in [0.25, 0.3) is 0 Å². The molecule has 0 aliphatic carbocycles. The molecule has 0 fully saturated rings. The monoisotopic (exact) mass is 431 g/mol. The number of carbonyl (C=O) groups is 2. The van der Waals surface area contributed by atoms with E-state index in [2.05, 4.69) is 22.8 Å². The number of carbonyl (C=O) groups excluding carboxylic acids is 2. The summed E-state index contributed by atoms with van der Waals surface area (Å²) in [5.74, 6) is 0.602. The predicted molar refractivity (Wildman–Crippen MR) is 129 cm³/mol. The first kappa shape index (κ1) is 22.9. The minimum atomic E-state index is -0.147. The van der Waals surface area contributed by atoms with E-state index in [1.165, 1.54) is 12.5 Å². The second kappa shape index (κ2) is 11.6. The SMILES string of the molecule is CC(=O)N(C)c1ccc(NCC(=O)Nc2ccc(OCCCc3ccccc3)cc2)cc1. The quantitative estimate of drug-likeness (QED) is 0.455. The average molecular weight is 432 g/mol. The molecule has 0 spiro atoms. The summed E-state index contributed by atoms with van der Waals surface area (Å²) in [6.45, 7) is 2.30. The summed E-state index contributed by atoms with van der Waals surface area (Å²) in [6, 6.07) is 25.1. The van der Waals surface area contributed by atoms with Gasteiger partial charge >= 0.3 is 0 Å². The number of aryl methyl sites for hydroxylation is 1. The lowest BCUT2D eigenvalue weighted by atomic mass is 10.1. The Kier molecular flexibility index (Phi) is 8.26. The number of hydrogen-bond donors (Lipinski definition) is 2. The van der Waals surface area contributed by atoms with E-state index in [1.54, 1.807) is 11.9 Å². The maximum Gasteiger partial charge on any atom is 0.243 e. The fourth-order valence-electron chi connectivity index (χ4n) is 3.12. The van der Waals surface area contributed by atoms with Crippen molar-refractivity contribution in [3.8, 4) is 5.75 Å². The molecule has 0 bridgehead atoms. The topological polar surface area (TPSA) is 70.7 Å². The van der Waals surface area contributed by atoms with Gasteiger partial charge in [0, 0.05) is 31.0 Å². The summed E-state index contributed by atoms with van der Waals surface area (Å²) >= 11 is 0. The zero-order chi connectivity index (χ0) is 22.8. The molecule has 0 aromatic heterocycles. The van der Waals surface area contributed by atoms with Crippen molar-refractivity contribution in [1.29, 1.82) is 0 Å². The third kappa shape index (κ3) is 7.16. The van der Waals surface area contributed by atoms with E-state index in [4.69, 9.17) is 4.74 Å². The zero-order valence-electron chi connectivity index (χ0n) is 18.5. The van der Waals surface area contributed by atoms with Gasteiger partial charge in [-0.1, -0.05) is 30.3 Å². The standard InChI is InChI=1S/C26H29N3O3/c1-20(30)29(2)24-14-10-22(11-15-24)27-19-26(31)28-23-12-16-25(17-13-23)32-18-6-9-21-7-4-3-5-8-21/h3-5,7-8,10-17,27H,6,9,18-19H2,1-2H3,(H,28,31). The molecule has 3 aromatic rings. The maximum absolute atomic E-state index is 12.2. The molecule has 166 valence electrons. The van der Waals surface area contributed by atoms with Crippen molar-refractivity contribution in [2.24, 2.45) is 0 Å². The van der Waals surface area contributed by atoms with Gasteiger partial charge in [0.2, 0.25) is 11.8 Å². The Labute approximate surface area is 189 Å². The Hall–Kier alpha value is -3.80. The Morgan fingerprint density at radius 3 is 2.19 bits per heavy atom. The van der Waals surface area contributed by atoms with Crippen molar-refractivity contribution in [2.75, 3.05) is 35.7 Å². The zero-order valence-corrected chi connectivity index (χ0v) is 18.5. The van der Waals surface area contributed by atoms with Crippen molar-refractivity contribution in [2.45, 2.75) is 19.8 Å². The lowest BCUT2D eigenvalue weighted by Crippen LogP contribution is -2.23. The van der Waals surface area contributed by atoms with E-state index in [-0.39, 0.29) is 18.4 Å². The number of anilines is 3. The number of benzene rings is 3. The molecule has 6 nitrogen and oxygen atoms in total. The summed E-state index contributed by atoms with van der Waals surface area (Å²) in [6.07, 6.45) is 1.93. The molecular weight excluding hydrogens is 402 g/mol. The summed E-state index contributed by atoms with van der Waals surface area (Å²) in [5.41, 5.74) is 3.63. The highest BCUT2D eigenvalue weighted by Gasteiger charge is 2.06. The highest BCUT2D eigenvalue weighted by Crippen LogP contribution is 2.18. The molecule has 0 saturated carbocycles. The Morgan fingerprint density at radius 2 is 1.53 bits per heavy atom. The molecule has 2 amide bonds. The normalized spacial score (nSPS) is 10.3. The summed E-state index contributed by atoms with van der Waals surface area (Å²) in [4.78, 5) is 25.2. The third-order valence-corrected chi connectivity index (χ3v) is 5.04. The number of rotatable bonds is 10. The molecule has 0 aliphatic rings. The van der Waals surface area contributed by atoms with Crippen LogP contribution in [0.15, 0.2) is 78.9 Å². The second-order valence-corrected chi connectivity index (χ2v) is 7.49. The molecule has 0 aliphatic heterocycles. The van der Waals surface area contributed by atoms with Crippen LogP contribution in [0.2, 0.25) is 0 Å². The van der Waals surface area contributed by atoms with Gasteiger partial charge in [-0.15, -0.1) is 0 Å². The van der Waals surface area contributed by atoms with Crippen LogP contribution in [-0.2, 0) is 16.0 Å². The summed E-state index contributed by atoms with van der Waals surface area (Å²) in [7, 11) is 1.72. The Morgan fingerprint density at radius 1 is 0.875 bits per heavy atom. The minimum Gasteiger partial charge on any atom is -0.494 e. The molecule has 2 N–H and O–H groups in total. The van der Waals surface area contributed by atoms with Crippen LogP contribution in [-0.4, -0.2) is 32.0 Å². The summed E-state index contributed by atoms with van der Waals surface area (Å²) < 4.78 is 5.78. The number of ether oxygens (including phenoxy) is 1. The molecule has 0 radical (unpaired) electrons. The van der Waals surface area contributed by atoms with E-state index in [9.17, 15) is 9.59 Å². The number of hydrogen-bond acceptors (Lipinski definition) is 4. The van der Waals surface area contributed by atoms with Gasteiger partial charge in [-0.05, 0) is 66.9 Å². The molecular formula is C26H29N3O3. The van der Waals surface area contributed by atoms with Gasteiger partial charge in [-0.25, -0.2) is 0 Å². The van der Waals surface area contributed by atoms with Crippen LogP contribution in [0.1, 0.15) is 18.9 Å². The van der Waals surface area contributed by atoms with Gasteiger partial charge in [0.25, 0.3) is 0 Å². The fourth-order valence-corrected chi connectivity index (χ4v) is 3.12. The van der Waals surface area contributed by atoms with Crippen molar-refractivity contribution < 1.29 is 14.3 Å². The summed E-state index contributed by atoms with van der Waals surface area (Å²) in [5, 5.41) is 5.94. The molecule has 0 atom stereocenters. The van der Waals surface area contributed by atoms with Gasteiger partial charge in [0.05, 0.1) is 13.2 Å². The third-order valence-electron chi connectivity index (χ3n) is 5.04. The number of amides is 2. The van der Waals surface area contributed by atoms with E-state index in [1.807, 2.05) is 66.7 Å². The van der Waals surface area contributed by atoms with Gasteiger partial charge in [0.15, 0.2) is 0 Å². The Balaban J connectivity index is 1.38. The van der Waals surface area contributed by atoms with Gasteiger partial charge in [-0.2, -0.15) is 0 Å². The number of nitrogens with one attached hydrogen (secondary N) is 2. The first-order valence-corrected chi connectivity index (χ1v) is 10.7. The van der Waals surface area contributed by atoms with Crippen molar-refractivity contribution in [3.05, 3.63) is 84.4 Å². The fraction of sp³-hybridized carbons (Fsp3) is 0.231. The van der Waals surface area contributed by atoms with E-state index in [0.717, 1.165) is 30.0 Å². The maximum atomic E-state index is 12.2. The minimum absolute atomic E-state index is 0.0336. The molecule has 3 aromatic carbocycles. The van der Waals surface area contributed by atoms with Crippen LogP contribution >= 0.6 is 0 Å². The molecule has 32 heavy (non-hydrogen) atoms. The van der Waals surface area contributed by atoms with Crippen LogP contribution in [0.5, 0.6) is 5.75 Å². The average Bonchev–Trinajstić information content (AvgIpc) is 2.82. The smallest absolute Gasteiger partial charge is 0.243 e. The highest BCUT2D eigenvalue weighted by molar-refractivity contribution is 5.94. The molecule has 6 heteroatoms. The molecule has 3 rings (SSSR count). The first-order chi connectivity index (χ1) is 15.5. The van der Waals surface area contributed by atoms with Crippen molar-refractivity contribution >= 4 is 28.9 Å². The van der Waals surface area contributed by atoms with Crippen molar-refractivity contribution in [3.63, 3.8) is 0 Å². The first-order valence-electron chi connectivity index (χ1n) is 10.7. The lowest BCUT2D eigenvalue weighted by molar-refractivity contribution is -0.116. The van der Waals surface area contributed by atoms with Crippen LogP contribution in [0.4, 0.5) is 17.1 Å². The van der Waals surface area contributed by atoms with Crippen molar-refractivity contribution in [1.82, 2.24) is 0 Å². The van der Waals surface area contributed by atoms with Gasteiger partial charge < -0.3 is 20.3 Å². The van der Waals surface area contributed by atoms with E-state index in [0.29, 0.717) is 12.3 Å². The van der Waals surface area contributed by atoms with E-state index >= 15 is 0 Å². The second-order valence-electron chi connectivity index (χ2n) is 7.49. The molecule has 0 heterocycles.